The Morgan fingerprint density at radius 2 is 1.79 bits per heavy atom. The van der Waals surface area contributed by atoms with Crippen LogP contribution in [0.25, 0.3) is 0 Å². The molecule has 0 unspecified atom stereocenters. The first-order valence-electron chi connectivity index (χ1n) is 6.65. The van der Waals surface area contributed by atoms with Gasteiger partial charge in [0, 0.05) is 13.1 Å². The molecule has 0 aromatic carbocycles. The number of nitrogens with zero attached hydrogens (tertiary/aromatic N) is 2. The molecule has 1 aromatic rings. The maximum atomic E-state index is 6.22. The average molecular weight is 302 g/mol. The standard InChI is InChI=1S/C14H21Cl2N3/c1-14(2,3)9-4-6-19(7-5-9)13-11(16)8-10(15)12(17)18-13/h8-9H,4-7H2,1-3H3,(H2,17,18). The van der Waals surface area contributed by atoms with Gasteiger partial charge in [-0.15, -0.1) is 0 Å². The molecule has 1 saturated heterocycles. The fourth-order valence-electron chi connectivity index (χ4n) is 2.65. The topological polar surface area (TPSA) is 42.2 Å². The summed E-state index contributed by atoms with van der Waals surface area (Å²) in [5, 5.41) is 0.992. The molecular formula is C14H21Cl2N3. The smallest absolute Gasteiger partial charge is 0.149 e. The van der Waals surface area contributed by atoms with Crippen LogP contribution < -0.4 is 10.6 Å². The zero-order valence-electron chi connectivity index (χ0n) is 11.7. The van der Waals surface area contributed by atoms with Crippen LogP contribution in [0.4, 0.5) is 11.6 Å². The lowest BCUT2D eigenvalue weighted by atomic mass is 9.75. The maximum Gasteiger partial charge on any atom is 0.149 e. The largest absolute Gasteiger partial charge is 0.382 e. The van der Waals surface area contributed by atoms with E-state index in [2.05, 4.69) is 30.7 Å². The number of rotatable bonds is 1. The Bertz CT molecular complexity index is 460. The van der Waals surface area contributed by atoms with Gasteiger partial charge >= 0.3 is 0 Å². The first-order valence-corrected chi connectivity index (χ1v) is 7.41. The average Bonchev–Trinajstić information content (AvgIpc) is 2.33. The lowest BCUT2D eigenvalue weighted by Crippen LogP contribution is -2.38. The zero-order valence-corrected chi connectivity index (χ0v) is 13.2. The van der Waals surface area contributed by atoms with Crippen LogP contribution in [0.5, 0.6) is 0 Å². The Hall–Kier alpha value is -0.670. The second-order valence-corrected chi connectivity index (χ2v) is 7.10. The van der Waals surface area contributed by atoms with Crippen molar-refractivity contribution in [2.75, 3.05) is 23.7 Å². The van der Waals surface area contributed by atoms with E-state index in [4.69, 9.17) is 28.9 Å². The second kappa shape index (κ2) is 5.37. The molecule has 1 aromatic heterocycles. The highest BCUT2D eigenvalue weighted by molar-refractivity contribution is 6.37. The van der Waals surface area contributed by atoms with Gasteiger partial charge in [-0.25, -0.2) is 4.98 Å². The molecular weight excluding hydrogens is 281 g/mol. The van der Waals surface area contributed by atoms with E-state index in [-0.39, 0.29) is 0 Å². The van der Waals surface area contributed by atoms with Crippen LogP contribution in [0.2, 0.25) is 10.0 Å². The maximum absolute atomic E-state index is 6.22. The van der Waals surface area contributed by atoms with Crippen LogP contribution in [0.15, 0.2) is 6.07 Å². The lowest BCUT2D eigenvalue weighted by Gasteiger charge is -2.39. The van der Waals surface area contributed by atoms with Crippen LogP contribution in [0, 0.1) is 11.3 Å². The van der Waals surface area contributed by atoms with Crippen LogP contribution >= 0.6 is 23.2 Å². The minimum absolute atomic E-state index is 0.346. The number of hydrogen-bond acceptors (Lipinski definition) is 3. The van der Waals surface area contributed by atoms with E-state index in [0.717, 1.165) is 37.7 Å². The van der Waals surface area contributed by atoms with Gasteiger partial charge in [0.05, 0.1) is 10.0 Å². The Kier molecular flexibility index (Phi) is 4.17. The van der Waals surface area contributed by atoms with Gasteiger partial charge in [-0.05, 0) is 30.2 Å². The Labute approximate surface area is 125 Å². The quantitative estimate of drug-likeness (QED) is 0.844. The van der Waals surface area contributed by atoms with E-state index < -0.39 is 0 Å². The van der Waals surface area contributed by atoms with Crippen LogP contribution in [-0.4, -0.2) is 18.1 Å². The molecule has 0 spiro atoms. The van der Waals surface area contributed by atoms with E-state index in [1.54, 1.807) is 6.07 Å². The number of pyridine rings is 1. The molecule has 2 rings (SSSR count). The van der Waals surface area contributed by atoms with E-state index in [1.807, 2.05) is 0 Å². The van der Waals surface area contributed by atoms with E-state index in [1.165, 1.54) is 0 Å². The third-order valence-electron chi connectivity index (χ3n) is 3.96. The summed E-state index contributed by atoms with van der Waals surface area (Å²) >= 11 is 12.1. The van der Waals surface area contributed by atoms with Gasteiger partial charge in [0.25, 0.3) is 0 Å². The molecule has 0 radical (unpaired) electrons. The van der Waals surface area contributed by atoms with Gasteiger partial charge in [-0.2, -0.15) is 0 Å². The van der Waals surface area contributed by atoms with Crippen molar-refractivity contribution in [1.29, 1.82) is 0 Å². The van der Waals surface area contributed by atoms with Crippen LogP contribution in [0.1, 0.15) is 33.6 Å². The summed E-state index contributed by atoms with van der Waals surface area (Å²) in [5.74, 6) is 1.85. The number of nitrogens with two attached hydrogens (primary N) is 1. The molecule has 0 atom stereocenters. The third kappa shape index (κ3) is 3.26. The van der Waals surface area contributed by atoms with Crippen molar-refractivity contribution in [2.24, 2.45) is 11.3 Å². The molecule has 0 aliphatic carbocycles. The fourth-order valence-corrected chi connectivity index (χ4v) is 3.13. The predicted molar refractivity (Wildman–Crippen MR) is 83.1 cm³/mol. The van der Waals surface area contributed by atoms with Gasteiger partial charge in [-0.3, -0.25) is 0 Å². The van der Waals surface area contributed by atoms with Crippen molar-refractivity contribution in [1.82, 2.24) is 4.98 Å². The molecule has 2 N–H and O–H groups in total. The highest BCUT2D eigenvalue weighted by Crippen LogP contribution is 2.37. The monoisotopic (exact) mass is 301 g/mol. The molecule has 0 amide bonds. The van der Waals surface area contributed by atoms with Crippen molar-refractivity contribution in [3.05, 3.63) is 16.1 Å². The summed E-state index contributed by atoms with van der Waals surface area (Å²) in [6.07, 6.45) is 2.31. The van der Waals surface area contributed by atoms with E-state index in [9.17, 15) is 0 Å². The third-order valence-corrected chi connectivity index (χ3v) is 4.54. The van der Waals surface area contributed by atoms with Gasteiger partial charge in [0.1, 0.15) is 11.6 Å². The fraction of sp³-hybridized carbons (Fsp3) is 0.643. The molecule has 19 heavy (non-hydrogen) atoms. The molecule has 2 heterocycles. The first-order chi connectivity index (χ1) is 8.79. The molecule has 1 fully saturated rings. The number of halogens is 2. The van der Waals surface area contributed by atoms with Crippen molar-refractivity contribution in [3.63, 3.8) is 0 Å². The lowest BCUT2D eigenvalue weighted by molar-refractivity contribution is 0.199. The number of anilines is 2. The summed E-state index contributed by atoms with van der Waals surface area (Å²) in [5.41, 5.74) is 6.13. The van der Waals surface area contributed by atoms with Crippen LogP contribution in [-0.2, 0) is 0 Å². The van der Waals surface area contributed by atoms with Crippen LogP contribution in [0.3, 0.4) is 0 Å². The van der Waals surface area contributed by atoms with Gasteiger partial charge < -0.3 is 10.6 Å². The number of hydrogen-bond donors (Lipinski definition) is 1. The highest BCUT2D eigenvalue weighted by Gasteiger charge is 2.29. The van der Waals surface area contributed by atoms with Crippen molar-refractivity contribution >= 4 is 34.8 Å². The number of nitrogen functional groups attached to an aromatic ring is 1. The zero-order chi connectivity index (χ0) is 14.2. The number of aromatic nitrogens is 1. The van der Waals surface area contributed by atoms with E-state index in [0.29, 0.717) is 21.3 Å². The Balaban J connectivity index is 2.12. The summed E-state index contributed by atoms with van der Waals surface area (Å²) < 4.78 is 0. The van der Waals surface area contributed by atoms with Crippen molar-refractivity contribution in [3.8, 4) is 0 Å². The minimum Gasteiger partial charge on any atom is -0.382 e. The number of piperidine rings is 1. The molecule has 1 aliphatic heterocycles. The first kappa shape index (κ1) is 14.7. The van der Waals surface area contributed by atoms with Gasteiger partial charge in [0.15, 0.2) is 0 Å². The van der Waals surface area contributed by atoms with Crippen molar-refractivity contribution in [2.45, 2.75) is 33.6 Å². The molecule has 0 saturated carbocycles. The second-order valence-electron chi connectivity index (χ2n) is 6.29. The summed E-state index contributed by atoms with van der Waals surface area (Å²) in [7, 11) is 0. The summed E-state index contributed by atoms with van der Waals surface area (Å²) in [6.45, 7) is 8.85. The molecule has 0 bridgehead atoms. The predicted octanol–water partition coefficient (Wildman–Crippen LogP) is 4.23. The summed E-state index contributed by atoms with van der Waals surface area (Å²) in [4.78, 5) is 6.53. The molecule has 3 nitrogen and oxygen atoms in total. The van der Waals surface area contributed by atoms with E-state index >= 15 is 0 Å². The minimum atomic E-state index is 0.346. The summed E-state index contributed by atoms with van der Waals surface area (Å²) in [6, 6.07) is 1.68. The SMILES string of the molecule is CC(C)(C)C1CCN(c2nc(N)c(Cl)cc2Cl)CC1. The molecule has 106 valence electrons. The van der Waals surface area contributed by atoms with Gasteiger partial charge in [0.2, 0.25) is 0 Å². The molecule has 5 heteroatoms. The molecule has 1 aliphatic rings. The normalized spacial score (nSPS) is 17.8. The van der Waals surface area contributed by atoms with Gasteiger partial charge in [-0.1, -0.05) is 44.0 Å². The Morgan fingerprint density at radius 1 is 1.21 bits per heavy atom. The van der Waals surface area contributed by atoms with Crippen molar-refractivity contribution < 1.29 is 0 Å². The Morgan fingerprint density at radius 3 is 2.32 bits per heavy atom. The highest BCUT2D eigenvalue weighted by atomic mass is 35.5.